The van der Waals surface area contributed by atoms with E-state index in [0.717, 1.165) is 17.7 Å². The van der Waals surface area contributed by atoms with Gasteiger partial charge in [0.05, 0.1) is 30.2 Å². The molecule has 1 heterocycles. The molecular weight excluding hydrogens is 316 g/mol. The third kappa shape index (κ3) is 4.53. The SMILES string of the molecule is CCc1ccccc1NC(=O)CN(CC)C1CS(=O)(=O)CC1O. The average molecular weight is 340 g/mol. The summed E-state index contributed by atoms with van der Waals surface area (Å²) < 4.78 is 23.3. The maximum absolute atomic E-state index is 12.3. The molecule has 2 unspecified atom stereocenters. The number of aliphatic hydroxyl groups is 1. The van der Waals surface area contributed by atoms with E-state index in [2.05, 4.69) is 5.32 Å². The number of hydrogen-bond donors (Lipinski definition) is 2. The fourth-order valence-electron chi connectivity index (χ4n) is 2.95. The summed E-state index contributed by atoms with van der Waals surface area (Å²) in [6.45, 7) is 4.43. The maximum atomic E-state index is 12.3. The van der Waals surface area contributed by atoms with E-state index in [4.69, 9.17) is 0 Å². The minimum Gasteiger partial charge on any atom is -0.390 e. The van der Waals surface area contributed by atoms with E-state index in [1.54, 1.807) is 4.90 Å². The van der Waals surface area contributed by atoms with Crippen LogP contribution in [0.2, 0.25) is 0 Å². The molecule has 6 nitrogen and oxygen atoms in total. The summed E-state index contributed by atoms with van der Waals surface area (Å²) >= 11 is 0. The molecule has 128 valence electrons. The van der Waals surface area contributed by atoms with Gasteiger partial charge >= 0.3 is 0 Å². The van der Waals surface area contributed by atoms with Gasteiger partial charge in [0, 0.05) is 5.69 Å². The van der Waals surface area contributed by atoms with Crippen LogP contribution in [0.15, 0.2) is 24.3 Å². The molecule has 2 rings (SSSR count). The van der Waals surface area contributed by atoms with Gasteiger partial charge in [-0.15, -0.1) is 0 Å². The zero-order valence-electron chi connectivity index (χ0n) is 13.5. The zero-order chi connectivity index (χ0) is 17.0. The molecule has 1 aromatic rings. The largest absolute Gasteiger partial charge is 0.390 e. The molecule has 1 aliphatic heterocycles. The highest BCUT2D eigenvalue weighted by molar-refractivity contribution is 7.91. The molecule has 0 saturated carbocycles. The fourth-order valence-corrected chi connectivity index (χ4v) is 4.78. The van der Waals surface area contributed by atoms with E-state index in [0.29, 0.717) is 6.54 Å². The summed E-state index contributed by atoms with van der Waals surface area (Å²) in [6.07, 6.45) is -0.122. The molecule has 23 heavy (non-hydrogen) atoms. The molecule has 1 saturated heterocycles. The Morgan fingerprint density at radius 2 is 2.00 bits per heavy atom. The van der Waals surface area contributed by atoms with Crippen molar-refractivity contribution in [1.29, 1.82) is 0 Å². The number of likely N-dealkylation sites (N-methyl/N-ethyl adjacent to an activating group) is 1. The number of nitrogens with one attached hydrogen (secondary N) is 1. The Kier molecular flexibility index (Phi) is 5.78. The van der Waals surface area contributed by atoms with Gasteiger partial charge < -0.3 is 10.4 Å². The van der Waals surface area contributed by atoms with Crippen molar-refractivity contribution in [3.63, 3.8) is 0 Å². The fraction of sp³-hybridized carbons (Fsp3) is 0.562. The number of amides is 1. The summed E-state index contributed by atoms with van der Waals surface area (Å²) in [5.41, 5.74) is 1.82. The number of anilines is 1. The number of rotatable bonds is 6. The Hall–Kier alpha value is -1.44. The van der Waals surface area contributed by atoms with Crippen LogP contribution in [0.4, 0.5) is 5.69 Å². The molecule has 0 aromatic heterocycles. The van der Waals surface area contributed by atoms with Gasteiger partial charge in [-0.25, -0.2) is 8.42 Å². The number of sulfone groups is 1. The maximum Gasteiger partial charge on any atom is 0.238 e. The van der Waals surface area contributed by atoms with Crippen LogP contribution in [0.3, 0.4) is 0 Å². The highest BCUT2D eigenvalue weighted by Crippen LogP contribution is 2.19. The quantitative estimate of drug-likeness (QED) is 0.795. The number of hydrogen-bond acceptors (Lipinski definition) is 5. The Morgan fingerprint density at radius 3 is 2.57 bits per heavy atom. The van der Waals surface area contributed by atoms with Gasteiger partial charge in [0.1, 0.15) is 0 Å². The molecule has 0 aliphatic carbocycles. The smallest absolute Gasteiger partial charge is 0.238 e. The van der Waals surface area contributed by atoms with Crippen LogP contribution < -0.4 is 5.32 Å². The highest BCUT2D eigenvalue weighted by atomic mass is 32.2. The zero-order valence-corrected chi connectivity index (χ0v) is 14.3. The number of aryl methyl sites for hydroxylation is 1. The molecule has 0 radical (unpaired) electrons. The van der Waals surface area contributed by atoms with Crippen LogP contribution in [0.1, 0.15) is 19.4 Å². The normalized spacial score (nSPS) is 23.1. The van der Waals surface area contributed by atoms with Crippen LogP contribution in [0.5, 0.6) is 0 Å². The number of aliphatic hydroxyl groups excluding tert-OH is 1. The van der Waals surface area contributed by atoms with E-state index < -0.39 is 22.0 Å². The number of nitrogens with zero attached hydrogens (tertiary/aromatic N) is 1. The summed E-state index contributed by atoms with van der Waals surface area (Å²) in [7, 11) is -3.23. The van der Waals surface area contributed by atoms with Crippen molar-refractivity contribution >= 4 is 21.4 Å². The van der Waals surface area contributed by atoms with Crippen LogP contribution in [0, 0.1) is 0 Å². The third-order valence-corrected chi connectivity index (χ3v) is 5.89. The molecule has 1 fully saturated rings. The standard InChI is InChI=1S/C16H24N2O4S/c1-3-12-7-5-6-8-13(12)17-16(20)9-18(4-2)14-10-23(21,22)11-15(14)19/h5-8,14-15,19H,3-4,9-11H2,1-2H3,(H,17,20). The van der Waals surface area contributed by atoms with Crippen molar-refractivity contribution in [3.05, 3.63) is 29.8 Å². The van der Waals surface area contributed by atoms with Crippen molar-refractivity contribution in [2.45, 2.75) is 32.4 Å². The summed E-state index contributed by atoms with van der Waals surface area (Å²) in [5, 5.41) is 12.8. The van der Waals surface area contributed by atoms with Crippen LogP contribution in [0.25, 0.3) is 0 Å². The second-order valence-electron chi connectivity index (χ2n) is 5.83. The topological polar surface area (TPSA) is 86.7 Å². The first-order valence-corrected chi connectivity index (χ1v) is 9.68. The van der Waals surface area contributed by atoms with Gasteiger partial charge in [-0.05, 0) is 24.6 Å². The Labute approximate surface area is 137 Å². The van der Waals surface area contributed by atoms with Gasteiger partial charge in [0.2, 0.25) is 5.91 Å². The number of carbonyl (C=O) groups is 1. The molecule has 0 spiro atoms. The Balaban J connectivity index is 2.03. The van der Waals surface area contributed by atoms with Gasteiger partial charge in [-0.1, -0.05) is 32.0 Å². The lowest BCUT2D eigenvalue weighted by molar-refractivity contribution is -0.118. The van der Waals surface area contributed by atoms with Gasteiger partial charge in [0.15, 0.2) is 9.84 Å². The molecule has 2 atom stereocenters. The lowest BCUT2D eigenvalue weighted by Gasteiger charge is -2.28. The molecule has 1 amide bonds. The Bertz CT molecular complexity index is 660. The van der Waals surface area contributed by atoms with Crippen LogP contribution in [-0.2, 0) is 21.1 Å². The Morgan fingerprint density at radius 1 is 1.30 bits per heavy atom. The molecule has 1 aliphatic rings. The van der Waals surface area contributed by atoms with Crippen molar-refractivity contribution in [2.75, 3.05) is 29.9 Å². The number of para-hydroxylation sites is 1. The van der Waals surface area contributed by atoms with Crippen molar-refractivity contribution in [1.82, 2.24) is 4.90 Å². The monoisotopic (exact) mass is 340 g/mol. The second-order valence-corrected chi connectivity index (χ2v) is 7.99. The summed E-state index contributed by atoms with van der Waals surface area (Å²) in [4.78, 5) is 14.0. The molecule has 7 heteroatoms. The van der Waals surface area contributed by atoms with E-state index in [9.17, 15) is 18.3 Å². The van der Waals surface area contributed by atoms with E-state index in [1.807, 2.05) is 38.1 Å². The van der Waals surface area contributed by atoms with Crippen molar-refractivity contribution in [3.8, 4) is 0 Å². The van der Waals surface area contributed by atoms with Gasteiger partial charge in [-0.2, -0.15) is 0 Å². The first-order chi connectivity index (χ1) is 10.9. The number of carbonyl (C=O) groups excluding carboxylic acids is 1. The minimum atomic E-state index is -3.23. The summed E-state index contributed by atoms with van der Waals surface area (Å²) in [5.74, 6) is -0.529. The minimum absolute atomic E-state index is 0.0613. The lowest BCUT2D eigenvalue weighted by Crippen LogP contribution is -2.46. The van der Waals surface area contributed by atoms with E-state index >= 15 is 0 Å². The summed E-state index contributed by atoms with van der Waals surface area (Å²) in [6, 6.07) is 7.08. The van der Waals surface area contributed by atoms with Crippen molar-refractivity contribution in [2.24, 2.45) is 0 Å². The average Bonchev–Trinajstić information content (AvgIpc) is 2.78. The highest BCUT2D eigenvalue weighted by Gasteiger charge is 2.39. The molecule has 0 bridgehead atoms. The predicted molar refractivity (Wildman–Crippen MR) is 90.1 cm³/mol. The lowest BCUT2D eigenvalue weighted by atomic mass is 10.1. The molecular formula is C16H24N2O4S. The van der Waals surface area contributed by atoms with Gasteiger partial charge in [0.25, 0.3) is 0 Å². The van der Waals surface area contributed by atoms with E-state index in [1.165, 1.54) is 0 Å². The molecule has 2 N–H and O–H groups in total. The first-order valence-electron chi connectivity index (χ1n) is 7.86. The third-order valence-electron chi connectivity index (χ3n) is 4.19. The van der Waals surface area contributed by atoms with Crippen LogP contribution in [-0.4, -0.2) is 61.1 Å². The van der Waals surface area contributed by atoms with Gasteiger partial charge in [-0.3, -0.25) is 9.69 Å². The second kappa shape index (κ2) is 7.42. The van der Waals surface area contributed by atoms with Crippen LogP contribution >= 0.6 is 0 Å². The number of benzene rings is 1. The predicted octanol–water partition coefficient (Wildman–Crippen LogP) is 0.667. The first kappa shape index (κ1) is 17.9. The molecule has 1 aromatic carbocycles. The van der Waals surface area contributed by atoms with E-state index in [-0.39, 0.29) is 24.0 Å². The van der Waals surface area contributed by atoms with Crippen molar-refractivity contribution < 1.29 is 18.3 Å².